The molecule has 0 bridgehead atoms. The van der Waals surface area contributed by atoms with Gasteiger partial charge >= 0.3 is 5.97 Å². The molecule has 0 spiro atoms. The number of carboxylic acids is 1. The smallest absolute Gasteiger partial charge is 0.311 e. The van der Waals surface area contributed by atoms with Gasteiger partial charge in [0.05, 0.1) is 5.92 Å². The summed E-state index contributed by atoms with van der Waals surface area (Å²) < 4.78 is 0. The first-order valence-corrected chi connectivity index (χ1v) is 5.04. The van der Waals surface area contributed by atoms with E-state index < -0.39 is 5.97 Å². The van der Waals surface area contributed by atoms with Crippen LogP contribution in [-0.2, 0) is 11.2 Å². The number of carboxylic acid groups (broad SMARTS) is 1. The fourth-order valence-corrected chi connectivity index (χ4v) is 2.39. The summed E-state index contributed by atoms with van der Waals surface area (Å²) in [5.74, 6) is -0.678. The van der Waals surface area contributed by atoms with Crippen molar-refractivity contribution in [1.82, 2.24) is 0 Å². The van der Waals surface area contributed by atoms with Crippen LogP contribution in [-0.4, -0.2) is 11.1 Å². The van der Waals surface area contributed by atoms with Crippen molar-refractivity contribution >= 4 is 5.97 Å². The van der Waals surface area contributed by atoms with Gasteiger partial charge in [0, 0.05) is 0 Å². The number of carbonyl (C=O) groups is 1. The number of rotatable bonds is 2. The Morgan fingerprint density at radius 3 is 2.86 bits per heavy atom. The lowest BCUT2D eigenvalue weighted by molar-refractivity contribution is -0.139. The first-order valence-electron chi connectivity index (χ1n) is 5.04. The zero-order valence-corrected chi connectivity index (χ0v) is 8.23. The molecule has 0 aromatic heterocycles. The summed E-state index contributed by atoms with van der Waals surface area (Å²) in [6.45, 7) is 2.06. The Hall–Kier alpha value is -1.31. The van der Waals surface area contributed by atoms with Crippen molar-refractivity contribution in [3.05, 3.63) is 35.4 Å². The monoisotopic (exact) mass is 190 g/mol. The molecule has 0 saturated heterocycles. The van der Waals surface area contributed by atoms with Gasteiger partial charge in [-0.25, -0.2) is 0 Å². The molecule has 0 fully saturated rings. The molecular formula is C12H14O2. The van der Waals surface area contributed by atoms with Crippen molar-refractivity contribution < 1.29 is 9.90 Å². The molecule has 0 saturated carbocycles. The van der Waals surface area contributed by atoms with Crippen LogP contribution < -0.4 is 0 Å². The highest BCUT2D eigenvalue weighted by molar-refractivity contribution is 5.78. The second-order valence-electron chi connectivity index (χ2n) is 3.89. The highest BCUT2D eigenvalue weighted by Gasteiger charge is 2.35. The van der Waals surface area contributed by atoms with Crippen molar-refractivity contribution in [2.45, 2.75) is 25.7 Å². The van der Waals surface area contributed by atoms with Gasteiger partial charge in [-0.05, 0) is 23.5 Å². The van der Waals surface area contributed by atoms with E-state index in [1.54, 1.807) is 0 Å². The van der Waals surface area contributed by atoms with E-state index in [4.69, 9.17) is 5.11 Å². The van der Waals surface area contributed by atoms with Crippen LogP contribution in [0, 0.1) is 5.92 Å². The van der Waals surface area contributed by atoms with E-state index in [1.807, 2.05) is 24.3 Å². The average molecular weight is 190 g/mol. The van der Waals surface area contributed by atoms with Crippen molar-refractivity contribution in [2.24, 2.45) is 5.92 Å². The first kappa shape index (κ1) is 9.25. The van der Waals surface area contributed by atoms with Gasteiger partial charge in [-0.2, -0.15) is 0 Å². The lowest BCUT2D eigenvalue weighted by atomic mass is 9.91. The van der Waals surface area contributed by atoms with Crippen LogP contribution in [0.3, 0.4) is 0 Å². The lowest BCUT2D eigenvalue weighted by Gasteiger charge is -2.13. The summed E-state index contributed by atoms with van der Waals surface area (Å²) in [6.07, 6.45) is 1.86. The molecule has 1 aliphatic rings. The molecule has 14 heavy (non-hydrogen) atoms. The molecule has 1 aromatic rings. The quantitative estimate of drug-likeness (QED) is 0.777. The van der Waals surface area contributed by atoms with E-state index in [1.165, 1.54) is 5.56 Å². The van der Waals surface area contributed by atoms with Gasteiger partial charge < -0.3 is 5.11 Å². The van der Waals surface area contributed by atoms with Gasteiger partial charge in [0.25, 0.3) is 0 Å². The Morgan fingerprint density at radius 1 is 1.50 bits per heavy atom. The maximum Gasteiger partial charge on any atom is 0.311 e. The largest absolute Gasteiger partial charge is 0.481 e. The molecule has 0 amide bonds. The number of fused-ring (bicyclic) bond motifs is 1. The van der Waals surface area contributed by atoms with Crippen molar-refractivity contribution in [1.29, 1.82) is 0 Å². The van der Waals surface area contributed by atoms with E-state index in [9.17, 15) is 4.79 Å². The molecule has 1 aromatic carbocycles. The summed E-state index contributed by atoms with van der Waals surface area (Å²) in [4.78, 5) is 11.1. The van der Waals surface area contributed by atoms with Gasteiger partial charge in [-0.1, -0.05) is 37.6 Å². The summed E-state index contributed by atoms with van der Waals surface area (Å²) >= 11 is 0. The molecule has 0 aliphatic heterocycles. The Bertz CT molecular complexity index is 357. The van der Waals surface area contributed by atoms with Gasteiger partial charge in [0.2, 0.25) is 0 Å². The average Bonchev–Trinajstić information content (AvgIpc) is 2.55. The molecule has 0 unspecified atom stereocenters. The standard InChI is InChI=1S/C12H14O2/c1-2-8-7-9-5-3-4-6-10(9)11(8)12(13)14/h3-6,8,11H,2,7H2,1H3,(H,13,14)/t8-,11-/m1/s1. The summed E-state index contributed by atoms with van der Waals surface area (Å²) in [7, 11) is 0. The summed E-state index contributed by atoms with van der Waals surface area (Å²) in [5, 5.41) is 9.16. The van der Waals surface area contributed by atoms with Crippen LogP contribution in [0.25, 0.3) is 0 Å². The molecular weight excluding hydrogens is 176 g/mol. The number of hydrogen-bond acceptors (Lipinski definition) is 1. The lowest BCUT2D eigenvalue weighted by Crippen LogP contribution is -2.16. The molecule has 0 radical (unpaired) electrons. The fraction of sp³-hybridized carbons (Fsp3) is 0.417. The molecule has 1 N–H and O–H groups in total. The number of hydrogen-bond donors (Lipinski definition) is 1. The third-order valence-corrected chi connectivity index (χ3v) is 3.13. The second-order valence-corrected chi connectivity index (χ2v) is 3.89. The molecule has 0 heterocycles. The van der Waals surface area contributed by atoms with Crippen molar-refractivity contribution in [2.75, 3.05) is 0 Å². The predicted molar refractivity (Wildman–Crippen MR) is 54.3 cm³/mol. The minimum atomic E-state index is -0.679. The SMILES string of the molecule is CC[C@@H]1Cc2ccccc2[C@@H]1C(=O)O. The fourth-order valence-electron chi connectivity index (χ4n) is 2.39. The van der Waals surface area contributed by atoms with Crippen LogP contribution >= 0.6 is 0 Å². The molecule has 2 atom stereocenters. The minimum Gasteiger partial charge on any atom is -0.481 e. The van der Waals surface area contributed by atoms with Crippen LogP contribution in [0.1, 0.15) is 30.4 Å². The van der Waals surface area contributed by atoms with Crippen LogP contribution in [0.4, 0.5) is 0 Å². The highest BCUT2D eigenvalue weighted by atomic mass is 16.4. The third kappa shape index (κ3) is 1.31. The first-order chi connectivity index (χ1) is 6.74. The Kier molecular flexibility index (Phi) is 2.28. The molecule has 74 valence electrons. The van der Waals surface area contributed by atoms with Gasteiger partial charge in [0.15, 0.2) is 0 Å². The van der Waals surface area contributed by atoms with E-state index in [2.05, 4.69) is 6.92 Å². The zero-order valence-electron chi connectivity index (χ0n) is 8.23. The van der Waals surface area contributed by atoms with E-state index in [0.29, 0.717) is 0 Å². The second kappa shape index (κ2) is 3.45. The highest BCUT2D eigenvalue weighted by Crippen LogP contribution is 2.39. The van der Waals surface area contributed by atoms with E-state index in [0.717, 1.165) is 18.4 Å². The molecule has 2 nitrogen and oxygen atoms in total. The number of benzene rings is 1. The molecule has 2 rings (SSSR count). The number of aliphatic carboxylic acids is 1. The topological polar surface area (TPSA) is 37.3 Å². The maximum atomic E-state index is 11.1. The summed E-state index contributed by atoms with van der Waals surface area (Å²) in [5.41, 5.74) is 2.23. The summed E-state index contributed by atoms with van der Waals surface area (Å²) in [6, 6.07) is 7.90. The Balaban J connectivity index is 2.42. The molecule has 1 aliphatic carbocycles. The van der Waals surface area contributed by atoms with Crippen LogP contribution in [0.15, 0.2) is 24.3 Å². The third-order valence-electron chi connectivity index (χ3n) is 3.13. The van der Waals surface area contributed by atoms with Crippen LogP contribution in [0.5, 0.6) is 0 Å². The maximum absolute atomic E-state index is 11.1. The van der Waals surface area contributed by atoms with Gasteiger partial charge in [0.1, 0.15) is 0 Å². The van der Waals surface area contributed by atoms with Crippen molar-refractivity contribution in [3.63, 3.8) is 0 Å². The van der Waals surface area contributed by atoms with E-state index in [-0.39, 0.29) is 11.8 Å². The van der Waals surface area contributed by atoms with E-state index >= 15 is 0 Å². The predicted octanol–water partition coefficient (Wildman–Crippen LogP) is 2.44. The Labute approximate surface area is 83.6 Å². The van der Waals surface area contributed by atoms with Gasteiger partial charge in [-0.3, -0.25) is 4.79 Å². The zero-order chi connectivity index (χ0) is 10.1. The molecule has 2 heteroatoms. The van der Waals surface area contributed by atoms with Crippen molar-refractivity contribution in [3.8, 4) is 0 Å². The minimum absolute atomic E-state index is 0.281. The van der Waals surface area contributed by atoms with Crippen LogP contribution in [0.2, 0.25) is 0 Å². The Morgan fingerprint density at radius 2 is 2.21 bits per heavy atom. The normalized spacial score (nSPS) is 24.6. The van der Waals surface area contributed by atoms with Gasteiger partial charge in [-0.15, -0.1) is 0 Å².